The van der Waals surface area contributed by atoms with Gasteiger partial charge in [0.1, 0.15) is 0 Å². The summed E-state index contributed by atoms with van der Waals surface area (Å²) in [7, 11) is -4.13. The predicted molar refractivity (Wildman–Crippen MR) is 45.7 cm³/mol. The minimum Gasteiger partial charge on any atom is -0.312 e. The van der Waals surface area contributed by atoms with E-state index in [1.54, 1.807) is 12.2 Å². The zero-order chi connectivity index (χ0) is 9.19. The highest BCUT2D eigenvalue weighted by Gasteiger charge is 2.22. The van der Waals surface area contributed by atoms with Crippen LogP contribution in [0.25, 0.3) is 0 Å². The molecule has 1 unspecified atom stereocenters. The van der Waals surface area contributed by atoms with Crippen LogP contribution in [0, 0.1) is 11.3 Å². The molecule has 0 saturated heterocycles. The third kappa shape index (κ3) is 1.80. The minimum atomic E-state index is -4.13. The van der Waals surface area contributed by atoms with E-state index in [-0.39, 0.29) is 4.91 Å². The normalized spacial score (nSPS) is 23.4. The molecule has 0 bridgehead atoms. The molecule has 0 radical (unpaired) electrons. The second-order valence-corrected chi connectivity index (χ2v) is 3.90. The molecule has 0 heterocycles. The van der Waals surface area contributed by atoms with E-state index in [1.807, 2.05) is 0 Å². The molecule has 0 amide bonds. The van der Waals surface area contributed by atoms with Gasteiger partial charge >= 0.3 is 0 Å². The van der Waals surface area contributed by atoms with Crippen LogP contribution in [0.15, 0.2) is 23.1 Å². The third-order valence-electron chi connectivity index (χ3n) is 1.65. The highest BCUT2D eigenvalue weighted by Crippen LogP contribution is 2.22. The summed E-state index contributed by atoms with van der Waals surface area (Å²) in [5.74, 6) is -0.509. The van der Waals surface area contributed by atoms with Crippen molar-refractivity contribution < 1.29 is 13.0 Å². The highest BCUT2D eigenvalue weighted by atomic mass is 32.2. The van der Waals surface area contributed by atoms with Crippen molar-refractivity contribution in [2.75, 3.05) is 0 Å². The maximum Gasteiger partial charge on any atom is 0.291 e. The molecule has 5 heteroatoms. The molecule has 0 spiro atoms. The van der Waals surface area contributed by atoms with Crippen LogP contribution < -0.4 is 0 Å². The minimum absolute atomic E-state index is 0.0972. The van der Waals surface area contributed by atoms with Crippen LogP contribution in [0.4, 0.5) is 0 Å². The number of allylic oxidation sites excluding steroid dienone is 4. The van der Waals surface area contributed by atoms with E-state index in [2.05, 4.69) is 0 Å². The lowest BCUT2D eigenvalue weighted by molar-refractivity contribution is 0.486. The fourth-order valence-corrected chi connectivity index (χ4v) is 1.85. The number of hydrogen-bond donors (Lipinski definition) is 2. The SMILES string of the molecule is N=CC1CC=CC=C1S(=O)(=O)O. The van der Waals surface area contributed by atoms with Crippen LogP contribution in [0.2, 0.25) is 0 Å². The molecule has 12 heavy (non-hydrogen) atoms. The Bertz CT molecular complexity index is 340. The second kappa shape index (κ2) is 3.20. The van der Waals surface area contributed by atoms with Gasteiger partial charge in [-0.1, -0.05) is 12.2 Å². The monoisotopic (exact) mass is 187 g/mol. The molecule has 0 fully saturated rings. The molecule has 66 valence electrons. The first-order chi connectivity index (χ1) is 5.55. The van der Waals surface area contributed by atoms with Crippen molar-refractivity contribution in [1.29, 1.82) is 5.41 Å². The Kier molecular flexibility index (Phi) is 2.44. The van der Waals surface area contributed by atoms with E-state index in [9.17, 15) is 8.42 Å². The van der Waals surface area contributed by atoms with Crippen LogP contribution in [0.3, 0.4) is 0 Å². The summed E-state index contributed by atoms with van der Waals surface area (Å²) in [5, 5.41) is 6.93. The van der Waals surface area contributed by atoms with E-state index in [0.717, 1.165) is 6.21 Å². The van der Waals surface area contributed by atoms with E-state index in [1.165, 1.54) is 6.08 Å². The van der Waals surface area contributed by atoms with E-state index in [0.29, 0.717) is 6.42 Å². The zero-order valence-electron chi connectivity index (χ0n) is 6.27. The molecule has 0 aromatic heterocycles. The van der Waals surface area contributed by atoms with Gasteiger partial charge < -0.3 is 5.41 Å². The van der Waals surface area contributed by atoms with E-state index >= 15 is 0 Å². The van der Waals surface area contributed by atoms with Gasteiger partial charge in [0.2, 0.25) is 0 Å². The molecule has 1 rings (SSSR count). The Morgan fingerprint density at radius 1 is 1.67 bits per heavy atom. The largest absolute Gasteiger partial charge is 0.312 e. The maximum absolute atomic E-state index is 10.7. The summed E-state index contributed by atoms with van der Waals surface area (Å²) in [6.07, 6.45) is 6.10. The van der Waals surface area contributed by atoms with Crippen molar-refractivity contribution >= 4 is 16.3 Å². The summed E-state index contributed by atoms with van der Waals surface area (Å²) >= 11 is 0. The van der Waals surface area contributed by atoms with Gasteiger partial charge in [-0.05, 0) is 12.5 Å². The molecule has 1 aliphatic carbocycles. The maximum atomic E-state index is 10.7. The Morgan fingerprint density at radius 2 is 2.33 bits per heavy atom. The quantitative estimate of drug-likeness (QED) is 0.499. The van der Waals surface area contributed by atoms with Crippen LogP contribution in [-0.4, -0.2) is 19.2 Å². The molecule has 0 aromatic rings. The Morgan fingerprint density at radius 3 is 2.75 bits per heavy atom. The van der Waals surface area contributed by atoms with Crippen molar-refractivity contribution in [3.05, 3.63) is 23.1 Å². The van der Waals surface area contributed by atoms with Gasteiger partial charge in [0.05, 0.1) is 4.91 Å². The van der Waals surface area contributed by atoms with Crippen molar-refractivity contribution in [1.82, 2.24) is 0 Å². The number of nitrogens with one attached hydrogen (secondary N) is 1. The summed E-state index contributed by atoms with van der Waals surface area (Å²) in [6.45, 7) is 0. The molecule has 1 aliphatic rings. The average Bonchev–Trinajstić information content (AvgIpc) is 2.03. The fraction of sp³-hybridized carbons (Fsp3) is 0.286. The summed E-state index contributed by atoms with van der Waals surface area (Å²) < 4.78 is 30.1. The topological polar surface area (TPSA) is 78.2 Å². The molecular weight excluding hydrogens is 178 g/mol. The van der Waals surface area contributed by atoms with Crippen molar-refractivity contribution in [3.8, 4) is 0 Å². The molecule has 0 saturated carbocycles. The fourth-order valence-electron chi connectivity index (χ4n) is 1.06. The lowest BCUT2D eigenvalue weighted by Crippen LogP contribution is -2.15. The molecule has 2 N–H and O–H groups in total. The van der Waals surface area contributed by atoms with Crippen LogP contribution in [0.5, 0.6) is 0 Å². The number of hydrogen-bond acceptors (Lipinski definition) is 3. The van der Waals surface area contributed by atoms with Crippen LogP contribution >= 0.6 is 0 Å². The molecule has 1 atom stereocenters. The van der Waals surface area contributed by atoms with Gasteiger partial charge in [-0.25, -0.2) is 0 Å². The Hall–Kier alpha value is -0.940. The second-order valence-electron chi connectivity index (χ2n) is 2.48. The van der Waals surface area contributed by atoms with E-state index in [4.69, 9.17) is 9.96 Å². The first-order valence-corrected chi connectivity index (χ1v) is 4.84. The summed E-state index contributed by atoms with van der Waals surface area (Å²) in [5.41, 5.74) is 0. The first-order valence-electron chi connectivity index (χ1n) is 3.40. The van der Waals surface area contributed by atoms with Gasteiger partial charge in [-0.3, -0.25) is 4.55 Å². The average molecular weight is 187 g/mol. The Labute approximate surface area is 70.9 Å². The zero-order valence-corrected chi connectivity index (χ0v) is 7.08. The smallest absolute Gasteiger partial charge is 0.291 e. The van der Waals surface area contributed by atoms with E-state index < -0.39 is 16.0 Å². The third-order valence-corrected chi connectivity index (χ3v) is 2.69. The van der Waals surface area contributed by atoms with Gasteiger partial charge in [-0.15, -0.1) is 0 Å². The van der Waals surface area contributed by atoms with Crippen LogP contribution in [-0.2, 0) is 10.1 Å². The van der Waals surface area contributed by atoms with Crippen molar-refractivity contribution in [2.24, 2.45) is 5.92 Å². The predicted octanol–water partition coefficient (Wildman–Crippen LogP) is 0.984. The summed E-state index contributed by atoms with van der Waals surface area (Å²) in [6, 6.07) is 0. The molecule has 0 aromatic carbocycles. The van der Waals surface area contributed by atoms with Gasteiger partial charge in [-0.2, -0.15) is 8.42 Å². The van der Waals surface area contributed by atoms with Crippen molar-refractivity contribution in [3.63, 3.8) is 0 Å². The highest BCUT2D eigenvalue weighted by molar-refractivity contribution is 7.89. The first kappa shape index (κ1) is 9.15. The molecule has 0 aliphatic heterocycles. The van der Waals surface area contributed by atoms with Crippen molar-refractivity contribution in [2.45, 2.75) is 6.42 Å². The molecule has 4 nitrogen and oxygen atoms in total. The lowest BCUT2D eigenvalue weighted by atomic mass is 10.0. The van der Waals surface area contributed by atoms with Crippen LogP contribution in [0.1, 0.15) is 6.42 Å². The molecular formula is C7H9NO3S. The summed E-state index contributed by atoms with van der Waals surface area (Å²) in [4.78, 5) is -0.0972. The standard InChI is InChI=1S/C7H9NO3S/c8-5-6-3-1-2-4-7(6)12(9,10)11/h1-2,4-6,8H,3H2,(H,9,10,11). The number of rotatable bonds is 2. The Balaban J connectivity index is 3.08. The lowest BCUT2D eigenvalue weighted by Gasteiger charge is -2.13. The van der Waals surface area contributed by atoms with Gasteiger partial charge in [0, 0.05) is 12.1 Å². The van der Waals surface area contributed by atoms with Gasteiger partial charge in [0.25, 0.3) is 10.1 Å². The van der Waals surface area contributed by atoms with Gasteiger partial charge in [0.15, 0.2) is 0 Å².